The second kappa shape index (κ2) is 10.9. The fourth-order valence-electron chi connectivity index (χ4n) is 3.07. The third kappa shape index (κ3) is 7.77. The molecule has 0 radical (unpaired) electrons. The van der Waals surface area contributed by atoms with Gasteiger partial charge in [-0.15, -0.1) is 0 Å². The van der Waals surface area contributed by atoms with Gasteiger partial charge in [0.2, 0.25) is 15.9 Å². The predicted octanol–water partition coefficient (Wildman–Crippen LogP) is 3.38. The second-order valence-corrected chi connectivity index (χ2v) is 9.04. The minimum absolute atomic E-state index is 0.0613. The fraction of sp³-hybridized carbons (Fsp3) is 0.409. The molecule has 1 atom stereocenters. The average molecular weight is 419 g/mol. The van der Waals surface area contributed by atoms with E-state index in [9.17, 15) is 13.2 Å². The van der Waals surface area contributed by atoms with Crippen molar-refractivity contribution in [2.24, 2.45) is 0 Å². The maximum absolute atomic E-state index is 12.2. The van der Waals surface area contributed by atoms with E-state index in [0.717, 1.165) is 12.8 Å². The van der Waals surface area contributed by atoms with Crippen LogP contribution in [0.3, 0.4) is 0 Å². The zero-order valence-electron chi connectivity index (χ0n) is 17.3. The van der Waals surface area contributed by atoms with Crippen molar-refractivity contribution in [1.29, 1.82) is 0 Å². The van der Waals surface area contributed by atoms with Gasteiger partial charge in [-0.2, -0.15) is 0 Å². The molecular formula is C22H30N2O4S. The van der Waals surface area contributed by atoms with E-state index < -0.39 is 10.0 Å². The van der Waals surface area contributed by atoms with Crippen LogP contribution >= 0.6 is 0 Å². The predicted molar refractivity (Wildman–Crippen MR) is 117 cm³/mol. The van der Waals surface area contributed by atoms with Crippen LogP contribution in [0.1, 0.15) is 31.7 Å². The molecular weight excluding hydrogens is 388 g/mol. The highest BCUT2D eigenvalue weighted by atomic mass is 32.2. The molecule has 6 nitrogen and oxygen atoms in total. The van der Waals surface area contributed by atoms with Gasteiger partial charge in [-0.25, -0.2) is 8.42 Å². The number of anilines is 1. The summed E-state index contributed by atoms with van der Waals surface area (Å²) in [5.74, 6) is 0.597. The normalized spacial score (nSPS) is 12.2. The smallest absolute Gasteiger partial charge is 0.232 e. The average Bonchev–Trinajstić information content (AvgIpc) is 2.70. The van der Waals surface area contributed by atoms with Gasteiger partial charge in [0.05, 0.1) is 19.1 Å². The Labute approximate surface area is 173 Å². The largest absolute Gasteiger partial charge is 0.497 e. The van der Waals surface area contributed by atoms with Crippen LogP contribution in [-0.2, 0) is 21.2 Å². The molecule has 0 saturated carbocycles. The quantitative estimate of drug-likeness (QED) is 0.607. The number of methoxy groups -OCH3 is 1. The minimum Gasteiger partial charge on any atom is -0.497 e. The zero-order chi connectivity index (χ0) is 21.3. The van der Waals surface area contributed by atoms with Crippen molar-refractivity contribution in [3.63, 3.8) is 0 Å². The Balaban J connectivity index is 1.81. The van der Waals surface area contributed by atoms with Crippen LogP contribution in [0.4, 0.5) is 5.69 Å². The summed E-state index contributed by atoms with van der Waals surface area (Å²) < 4.78 is 30.7. The van der Waals surface area contributed by atoms with E-state index in [4.69, 9.17) is 4.74 Å². The van der Waals surface area contributed by atoms with E-state index in [1.165, 1.54) is 16.1 Å². The first-order valence-corrected chi connectivity index (χ1v) is 11.6. The molecule has 0 aliphatic heterocycles. The van der Waals surface area contributed by atoms with Crippen molar-refractivity contribution >= 4 is 21.6 Å². The summed E-state index contributed by atoms with van der Waals surface area (Å²) in [6.07, 6.45) is 3.65. The van der Waals surface area contributed by atoms with Gasteiger partial charge < -0.3 is 10.1 Å². The van der Waals surface area contributed by atoms with Gasteiger partial charge >= 0.3 is 0 Å². The number of aryl methyl sites for hydroxylation is 1. The lowest BCUT2D eigenvalue weighted by atomic mass is 10.1. The van der Waals surface area contributed by atoms with Gasteiger partial charge in [0.25, 0.3) is 0 Å². The maximum atomic E-state index is 12.2. The highest BCUT2D eigenvalue weighted by Gasteiger charge is 2.18. The Hall–Kier alpha value is -2.54. The van der Waals surface area contributed by atoms with Gasteiger partial charge in [0, 0.05) is 19.0 Å². The van der Waals surface area contributed by atoms with Gasteiger partial charge in [-0.1, -0.05) is 30.3 Å². The number of nitrogens with one attached hydrogen (secondary N) is 1. The van der Waals surface area contributed by atoms with Gasteiger partial charge in [-0.05, 0) is 56.0 Å². The van der Waals surface area contributed by atoms with Crippen molar-refractivity contribution in [2.75, 3.05) is 24.2 Å². The van der Waals surface area contributed by atoms with E-state index in [2.05, 4.69) is 17.4 Å². The van der Waals surface area contributed by atoms with Crippen molar-refractivity contribution < 1.29 is 17.9 Å². The molecule has 0 aliphatic carbocycles. The number of hydrogen-bond donors (Lipinski definition) is 1. The topological polar surface area (TPSA) is 75.7 Å². The summed E-state index contributed by atoms with van der Waals surface area (Å²) >= 11 is 0. The number of nitrogens with zero attached hydrogens (tertiary/aromatic N) is 1. The molecule has 1 N–H and O–H groups in total. The Bertz CT molecular complexity index is 867. The first-order chi connectivity index (χ1) is 13.8. The van der Waals surface area contributed by atoms with E-state index >= 15 is 0 Å². The number of hydrogen-bond acceptors (Lipinski definition) is 4. The molecule has 2 aromatic rings. The molecule has 0 bridgehead atoms. The first kappa shape index (κ1) is 22.7. The Kier molecular flexibility index (Phi) is 8.51. The van der Waals surface area contributed by atoms with E-state index in [1.54, 1.807) is 31.4 Å². The number of benzene rings is 2. The molecule has 29 heavy (non-hydrogen) atoms. The molecule has 7 heteroatoms. The van der Waals surface area contributed by atoms with Crippen LogP contribution in [0, 0.1) is 0 Å². The standard InChI is InChI=1S/C22H30N2O4S/c1-18(11-12-19-8-5-4-6-9-19)23-22(25)10-7-17-24(29(3,26)27)20-13-15-21(28-2)16-14-20/h4-6,8-9,13-16,18H,7,10-12,17H2,1-3H3,(H,23,25). The SMILES string of the molecule is COc1ccc(N(CCCC(=O)NC(C)CCc2ccccc2)S(C)(=O)=O)cc1. The maximum Gasteiger partial charge on any atom is 0.232 e. The number of amides is 1. The summed E-state index contributed by atoms with van der Waals surface area (Å²) in [5.41, 5.74) is 1.81. The third-order valence-corrected chi connectivity index (χ3v) is 5.84. The zero-order valence-corrected chi connectivity index (χ0v) is 18.1. The third-order valence-electron chi connectivity index (χ3n) is 4.64. The highest BCUT2D eigenvalue weighted by molar-refractivity contribution is 7.92. The first-order valence-electron chi connectivity index (χ1n) is 9.74. The molecule has 0 aliphatic rings. The summed E-state index contributed by atoms with van der Waals surface area (Å²) in [5, 5.41) is 2.99. The Morgan fingerprint density at radius 2 is 1.76 bits per heavy atom. The van der Waals surface area contributed by atoms with Crippen molar-refractivity contribution in [3.8, 4) is 5.75 Å². The lowest BCUT2D eigenvalue weighted by molar-refractivity contribution is -0.121. The molecule has 1 unspecified atom stereocenters. The van der Waals surface area contributed by atoms with E-state index in [-0.39, 0.29) is 24.9 Å². The van der Waals surface area contributed by atoms with Crippen LogP contribution in [0.25, 0.3) is 0 Å². The Morgan fingerprint density at radius 1 is 1.10 bits per heavy atom. The number of ether oxygens (including phenoxy) is 1. The van der Waals surface area contributed by atoms with Crippen LogP contribution < -0.4 is 14.4 Å². The second-order valence-electron chi connectivity index (χ2n) is 7.13. The molecule has 1 amide bonds. The highest BCUT2D eigenvalue weighted by Crippen LogP contribution is 2.22. The minimum atomic E-state index is -3.44. The number of carbonyl (C=O) groups excluding carboxylic acids is 1. The van der Waals surface area contributed by atoms with Crippen molar-refractivity contribution in [3.05, 3.63) is 60.2 Å². The molecule has 0 spiro atoms. The fourth-order valence-corrected chi connectivity index (χ4v) is 4.03. The van der Waals surface area contributed by atoms with Crippen LogP contribution in [0.15, 0.2) is 54.6 Å². The summed E-state index contributed by atoms with van der Waals surface area (Å²) in [7, 11) is -1.88. The summed E-state index contributed by atoms with van der Waals surface area (Å²) in [4.78, 5) is 12.2. The molecule has 2 rings (SSSR count). The van der Waals surface area contributed by atoms with Gasteiger partial charge in [-0.3, -0.25) is 9.10 Å². The number of rotatable bonds is 11. The number of sulfonamides is 1. The molecule has 0 fully saturated rings. The lowest BCUT2D eigenvalue weighted by Crippen LogP contribution is -2.34. The van der Waals surface area contributed by atoms with Crippen molar-refractivity contribution in [2.45, 2.75) is 38.6 Å². The monoisotopic (exact) mass is 418 g/mol. The van der Waals surface area contributed by atoms with Crippen LogP contribution in [0.5, 0.6) is 5.75 Å². The van der Waals surface area contributed by atoms with Crippen molar-refractivity contribution in [1.82, 2.24) is 5.32 Å². The summed E-state index contributed by atoms with van der Waals surface area (Å²) in [6, 6.07) is 17.1. The molecule has 0 saturated heterocycles. The number of carbonyl (C=O) groups is 1. The Morgan fingerprint density at radius 3 is 2.34 bits per heavy atom. The molecule has 2 aromatic carbocycles. The molecule has 0 heterocycles. The summed E-state index contributed by atoms with van der Waals surface area (Å²) in [6.45, 7) is 2.23. The van der Waals surface area contributed by atoms with E-state index in [1.807, 2.05) is 25.1 Å². The van der Waals surface area contributed by atoms with Gasteiger partial charge in [0.1, 0.15) is 5.75 Å². The molecule has 0 aromatic heterocycles. The van der Waals surface area contributed by atoms with Crippen LogP contribution in [0.2, 0.25) is 0 Å². The van der Waals surface area contributed by atoms with Gasteiger partial charge in [0.15, 0.2) is 0 Å². The van der Waals surface area contributed by atoms with E-state index in [0.29, 0.717) is 17.9 Å². The molecule has 158 valence electrons. The lowest BCUT2D eigenvalue weighted by Gasteiger charge is -2.22. The van der Waals surface area contributed by atoms with Crippen LogP contribution in [-0.4, -0.2) is 40.3 Å².